The molecule has 8 aromatic carbocycles. The molecule has 1 heterocycles. The van der Waals surface area contributed by atoms with Gasteiger partial charge in [-0.05, 0) is 83.4 Å². The average Bonchev–Trinajstić information content (AvgIpc) is 3.21. The van der Waals surface area contributed by atoms with Crippen LogP contribution in [-0.2, 0) is 0 Å². The lowest BCUT2D eigenvalue weighted by Gasteiger charge is -2.19. The molecule has 0 radical (unpaired) electrons. The number of nitrogens with zero attached hydrogens (tertiary/aromatic N) is 1. The largest absolute Gasteiger partial charge is 0.247 e. The first-order valence-electron chi connectivity index (χ1n) is 17.7. The minimum absolute atomic E-state index is 0.922. The van der Waals surface area contributed by atoms with Gasteiger partial charge in [-0.2, -0.15) is 0 Å². The van der Waals surface area contributed by atoms with Crippen molar-refractivity contribution in [3.8, 4) is 55.8 Å². The molecule has 9 aromatic rings. The molecule has 0 fully saturated rings. The zero-order valence-corrected chi connectivity index (χ0v) is 28.8. The maximum atomic E-state index is 5.24. The quantitative estimate of drug-likeness (QED) is 0.162. The topological polar surface area (TPSA) is 12.9 Å². The molecule has 52 heavy (non-hydrogen) atoms. The fourth-order valence-electron chi connectivity index (χ4n) is 7.60. The van der Waals surface area contributed by atoms with E-state index in [0.29, 0.717) is 0 Å². The highest BCUT2D eigenvalue weighted by molar-refractivity contribution is 6.22. The van der Waals surface area contributed by atoms with Gasteiger partial charge in [-0.25, -0.2) is 4.98 Å². The van der Waals surface area contributed by atoms with Crippen molar-refractivity contribution in [2.75, 3.05) is 0 Å². The van der Waals surface area contributed by atoms with Gasteiger partial charge in [0.2, 0.25) is 0 Å². The van der Waals surface area contributed by atoms with Crippen molar-refractivity contribution < 1.29 is 0 Å². The number of pyridine rings is 1. The van der Waals surface area contributed by atoms with Gasteiger partial charge in [0.15, 0.2) is 0 Å². The van der Waals surface area contributed by atoms with Gasteiger partial charge < -0.3 is 0 Å². The van der Waals surface area contributed by atoms with E-state index in [4.69, 9.17) is 4.98 Å². The SMILES string of the molecule is C=C/C=c1\c(=C)ccc2ccc(-c3ccc4c(-c5ccc(-c6ccccc6)cc5)c5ccccc5c(-c5ccc(-c6ccccc6)cc5)c4c3)nc12. The Morgan fingerprint density at radius 1 is 0.404 bits per heavy atom. The molecule has 0 saturated carbocycles. The van der Waals surface area contributed by atoms with E-state index in [-0.39, 0.29) is 0 Å². The smallest absolute Gasteiger partial charge is 0.0787 e. The maximum Gasteiger partial charge on any atom is 0.0787 e. The van der Waals surface area contributed by atoms with Crippen molar-refractivity contribution in [3.63, 3.8) is 0 Å². The van der Waals surface area contributed by atoms with Gasteiger partial charge in [0.05, 0.1) is 11.2 Å². The minimum atomic E-state index is 0.922. The van der Waals surface area contributed by atoms with Crippen LogP contribution in [0.5, 0.6) is 0 Å². The molecule has 0 spiro atoms. The molecule has 0 unspecified atom stereocenters. The summed E-state index contributed by atoms with van der Waals surface area (Å²) in [4.78, 5) is 5.24. The number of rotatable bonds is 6. The second kappa shape index (κ2) is 13.1. The van der Waals surface area contributed by atoms with E-state index in [1.165, 1.54) is 66.1 Å². The summed E-state index contributed by atoms with van der Waals surface area (Å²) in [6.07, 6.45) is 3.81. The van der Waals surface area contributed by atoms with Crippen molar-refractivity contribution in [2.45, 2.75) is 0 Å². The molecule has 0 aliphatic rings. The highest BCUT2D eigenvalue weighted by Gasteiger charge is 2.18. The Balaban J connectivity index is 1.30. The van der Waals surface area contributed by atoms with Crippen molar-refractivity contribution in [3.05, 3.63) is 199 Å². The molecule has 0 saturated heterocycles. The highest BCUT2D eigenvalue weighted by atomic mass is 14.7. The Morgan fingerprint density at radius 3 is 1.44 bits per heavy atom. The summed E-state index contributed by atoms with van der Waals surface area (Å²) in [5.74, 6) is 0. The summed E-state index contributed by atoms with van der Waals surface area (Å²) in [6.45, 7) is 8.22. The third kappa shape index (κ3) is 5.50. The molecule has 1 aromatic heterocycles. The fraction of sp³-hybridized carbons (Fsp3) is 0. The van der Waals surface area contributed by atoms with Crippen molar-refractivity contribution in [1.82, 2.24) is 4.98 Å². The van der Waals surface area contributed by atoms with Crippen LogP contribution in [0.3, 0.4) is 0 Å². The van der Waals surface area contributed by atoms with E-state index in [2.05, 4.69) is 183 Å². The molecular weight excluding hydrogens is 627 g/mol. The van der Waals surface area contributed by atoms with Crippen LogP contribution in [0.2, 0.25) is 0 Å². The average molecular weight is 662 g/mol. The van der Waals surface area contributed by atoms with Crippen LogP contribution in [0, 0.1) is 0 Å². The highest BCUT2D eigenvalue weighted by Crippen LogP contribution is 2.45. The summed E-state index contributed by atoms with van der Waals surface area (Å²) in [6, 6.07) is 63.3. The Bertz CT molecular complexity index is 2890. The molecule has 9 rings (SSSR count). The Morgan fingerprint density at radius 2 is 0.865 bits per heavy atom. The second-order valence-corrected chi connectivity index (χ2v) is 13.3. The zero-order valence-electron chi connectivity index (χ0n) is 28.8. The number of aromatic nitrogens is 1. The summed E-state index contributed by atoms with van der Waals surface area (Å²) in [7, 11) is 0. The Labute approximate surface area is 303 Å². The summed E-state index contributed by atoms with van der Waals surface area (Å²) >= 11 is 0. The molecule has 244 valence electrons. The van der Waals surface area contributed by atoms with Crippen LogP contribution in [0.1, 0.15) is 0 Å². The first kappa shape index (κ1) is 31.2. The molecule has 0 bridgehead atoms. The summed E-state index contributed by atoms with van der Waals surface area (Å²) < 4.78 is 0. The minimum Gasteiger partial charge on any atom is -0.247 e. The molecule has 0 aliphatic heterocycles. The van der Waals surface area contributed by atoms with Crippen LogP contribution >= 0.6 is 0 Å². The zero-order chi connectivity index (χ0) is 35.0. The Kier molecular flexibility index (Phi) is 7.87. The third-order valence-electron chi connectivity index (χ3n) is 10.2. The van der Waals surface area contributed by atoms with Gasteiger partial charge in [0.25, 0.3) is 0 Å². The molecule has 1 heteroatoms. The fourth-order valence-corrected chi connectivity index (χ4v) is 7.60. The van der Waals surface area contributed by atoms with Gasteiger partial charge >= 0.3 is 0 Å². The van der Waals surface area contributed by atoms with Gasteiger partial charge in [0, 0.05) is 16.2 Å². The summed E-state index contributed by atoms with van der Waals surface area (Å²) in [5.41, 5.74) is 12.6. The van der Waals surface area contributed by atoms with Gasteiger partial charge in [-0.3, -0.25) is 0 Å². The van der Waals surface area contributed by atoms with E-state index in [1.807, 2.05) is 18.2 Å². The number of hydrogen-bond donors (Lipinski definition) is 0. The predicted octanol–water partition coefficient (Wildman–Crippen LogP) is 12.3. The van der Waals surface area contributed by atoms with Crippen molar-refractivity contribution >= 4 is 45.1 Å². The van der Waals surface area contributed by atoms with Crippen LogP contribution in [-0.4, -0.2) is 4.98 Å². The molecule has 0 amide bonds. The van der Waals surface area contributed by atoms with Crippen LogP contribution in [0.4, 0.5) is 0 Å². The predicted molar refractivity (Wildman–Crippen MR) is 223 cm³/mol. The van der Waals surface area contributed by atoms with E-state index < -0.39 is 0 Å². The maximum absolute atomic E-state index is 5.24. The first-order chi connectivity index (χ1) is 25.7. The lowest BCUT2D eigenvalue weighted by atomic mass is 9.84. The summed E-state index contributed by atoms with van der Waals surface area (Å²) in [5, 5.41) is 7.87. The number of hydrogen-bond acceptors (Lipinski definition) is 1. The van der Waals surface area contributed by atoms with Crippen LogP contribution in [0.25, 0.3) is 101 Å². The van der Waals surface area contributed by atoms with Gasteiger partial charge in [-0.1, -0.05) is 189 Å². The van der Waals surface area contributed by atoms with E-state index in [1.54, 1.807) is 0 Å². The third-order valence-corrected chi connectivity index (χ3v) is 10.2. The number of allylic oxidation sites excluding steroid dienone is 1. The van der Waals surface area contributed by atoms with E-state index in [9.17, 15) is 0 Å². The molecule has 0 aliphatic carbocycles. The second-order valence-electron chi connectivity index (χ2n) is 13.3. The van der Waals surface area contributed by atoms with E-state index in [0.717, 1.165) is 32.6 Å². The van der Waals surface area contributed by atoms with Crippen molar-refractivity contribution in [2.24, 2.45) is 0 Å². The monoisotopic (exact) mass is 661 g/mol. The first-order valence-corrected chi connectivity index (χ1v) is 17.7. The lowest BCUT2D eigenvalue weighted by molar-refractivity contribution is 1.38. The number of fused-ring (bicyclic) bond motifs is 3. The molecule has 0 N–H and O–H groups in total. The van der Waals surface area contributed by atoms with Crippen LogP contribution in [0.15, 0.2) is 189 Å². The van der Waals surface area contributed by atoms with Crippen molar-refractivity contribution in [1.29, 1.82) is 0 Å². The molecular formula is C51H35N. The standard InChI is InChI=1S/C51H35N/c1-3-12-43-34(2)19-20-41-30-32-48(52-51(41)43)42-29-31-46-47(33-42)50(40-27-23-38(24-28-40)36-15-8-5-9-16-36)45-18-11-10-17-44(45)49(46)39-25-21-37(22-26-39)35-13-6-4-7-14-35/h3-33H,1-2H2/b43-12+. The molecule has 0 atom stereocenters. The number of benzene rings is 8. The normalized spacial score (nSPS) is 11.7. The van der Waals surface area contributed by atoms with Gasteiger partial charge in [0.1, 0.15) is 0 Å². The van der Waals surface area contributed by atoms with Gasteiger partial charge in [-0.15, -0.1) is 0 Å². The van der Waals surface area contributed by atoms with E-state index >= 15 is 0 Å². The van der Waals surface area contributed by atoms with Crippen LogP contribution < -0.4 is 10.4 Å². The Hall–Kier alpha value is -6.83. The molecule has 1 nitrogen and oxygen atoms in total. The lowest BCUT2D eigenvalue weighted by Crippen LogP contribution is -2.24.